The average molecular weight is 225 g/mol. The van der Waals surface area contributed by atoms with Crippen LogP contribution in [-0.2, 0) is 4.74 Å². The second kappa shape index (κ2) is 4.80. The van der Waals surface area contributed by atoms with Crippen LogP contribution in [0.1, 0.15) is 18.6 Å². The van der Waals surface area contributed by atoms with Crippen molar-refractivity contribution < 1.29 is 14.2 Å². The number of ether oxygens (including phenoxy) is 1. The van der Waals surface area contributed by atoms with E-state index in [-0.39, 0.29) is 5.82 Å². The van der Waals surface area contributed by atoms with Crippen molar-refractivity contribution in [3.63, 3.8) is 0 Å². The standard InChI is InChI=1S/C12H16FNO2/c1-9(15)10-3-2-4-11(13)12(10)14-5-7-16-8-6-14/h2-4,9,15H,5-8H2,1H3/t9-/m1/s1. The van der Waals surface area contributed by atoms with Crippen LogP contribution in [0, 0.1) is 5.82 Å². The molecule has 0 aliphatic carbocycles. The van der Waals surface area contributed by atoms with E-state index < -0.39 is 6.10 Å². The highest BCUT2D eigenvalue weighted by atomic mass is 19.1. The number of aliphatic hydroxyl groups is 1. The van der Waals surface area contributed by atoms with E-state index in [1.165, 1.54) is 6.07 Å². The molecule has 88 valence electrons. The van der Waals surface area contributed by atoms with Crippen molar-refractivity contribution in [2.24, 2.45) is 0 Å². The second-order valence-electron chi connectivity index (χ2n) is 3.95. The fourth-order valence-electron chi connectivity index (χ4n) is 1.99. The molecule has 1 saturated heterocycles. The lowest BCUT2D eigenvalue weighted by Crippen LogP contribution is -2.37. The summed E-state index contributed by atoms with van der Waals surface area (Å²) in [5, 5.41) is 9.64. The lowest BCUT2D eigenvalue weighted by molar-refractivity contribution is 0.122. The van der Waals surface area contributed by atoms with Gasteiger partial charge in [0.05, 0.1) is 25.0 Å². The molecule has 0 radical (unpaired) electrons. The summed E-state index contributed by atoms with van der Waals surface area (Å²) in [6.45, 7) is 4.20. The summed E-state index contributed by atoms with van der Waals surface area (Å²) in [6.07, 6.45) is -0.659. The van der Waals surface area contributed by atoms with Crippen molar-refractivity contribution in [3.8, 4) is 0 Å². The average Bonchev–Trinajstić information content (AvgIpc) is 2.29. The lowest BCUT2D eigenvalue weighted by Gasteiger charge is -2.31. The van der Waals surface area contributed by atoms with Gasteiger partial charge in [0.15, 0.2) is 0 Å². The maximum atomic E-state index is 13.8. The van der Waals surface area contributed by atoms with Gasteiger partial charge in [-0.3, -0.25) is 0 Å². The molecule has 1 heterocycles. The summed E-state index contributed by atoms with van der Waals surface area (Å²) in [5.41, 5.74) is 1.16. The number of rotatable bonds is 2. The summed E-state index contributed by atoms with van der Waals surface area (Å²) in [6, 6.07) is 4.82. The zero-order valence-electron chi connectivity index (χ0n) is 9.32. The number of hydrogen-bond donors (Lipinski definition) is 1. The molecule has 0 bridgehead atoms. The second-order valence-corrected chi connectivity index (χ2v) is 3.95. The van der Waals surface area contributed by atoms with Gasteiger partial charge in [-0.15, -0.1) is 0 Å². The molecule has 1 N–H and O–H groups in total. The largest absolute Gasteiger partial charge is 0.389 e. The number of aliphatic hydroxyl groups excluding tert-OH is 1. The minimum Gasteiger partial charge on any atom is -0.389 e. The quantitative estimate of drug-likeness (QED) is 0.831. The molecule has 0 amide bonds. The van der Waals surface area contributed by atoms with Crippen molar-refractivity contribution in [1.29, 1.82) is 0 Å². The van der Waals surface area contributed by atoms with Crippen LogP contribution in [-0.4, -0.2) is 31.4 Å². The van der Waals surface area contributed by atoms with Crippen molar-refractivity contribution in [2.75, 3.05) is 31.2 Å². The van der Waals surface area contributed by atoms with Crippen LogP contribution in [0.25, 0.3) is 0 Å². The molecule has 1 aliphatic heterocycles. The Bertz CT molecular complexity index is 362. The fraction of sp³-hybridized carbons (Fsp3) is 0.500. The zero-order chi connectivity index (χ0) is 11.5. The Morgan fingerprint density at radius 2 is 2.06 bits per heavy atom. The summed E-state index contributed by atoms with van der Waals surface area (Å²) in [5.74, 6) is -0.277. The molecule has 4 heteroatoms. The molecule has 1 aromatic rings. The maximum absolute atomic E-state index is 13.8. The number of halogens is 1. The molecule has 16 heavy (non-hydrogen) atoms. The predicted octanol–water partition coefficient (Wildman–Crippen LogP) is 1.72. The number of para-hydroxylation sites is 1. The molecule has 3 nitrogen and oxygen atoms in total. The number of nitrogens with zero attached hydrogens (tertiary/aromatic N) is 1. The molecule has 0 aromatic heterocycles. The Morgan fingerprint density at radius 3 is 2.69 bits per heavy atom. The zero-order valence-corrected chi connectivity index (χ0v) is 9.32. The van der Waals surface area contributed by atoms with E-state index in [1.54, 1.807) is 19.1 Å². The molecule has 0 saturated carbocycles. The maximum Gasteiger partial charge on any atom is 0.146 e. The summed E-state index contributed by atoms with van der Waals surface area (Å²) < 4.78 is 19.0. The van der Waals surface area contributed by atoms with Crippen LogP contribution in [0.3, 0.4) is 0 Å². The predicted molar refractivity (Wildman–Crippen MR) is 60.1 cm³/mol. The van der Waals surface area contributed by atoms with Crippen LogP contribution in [0.2, 0.25) is 0 Å². The highest BCUT2D eigenvalue weighted by molar-refractivity contribution is 5.56. The number of morpholine rings is 1. The fourth-order valence-corrected chi connectivity index (χ4v) is 1.99. The monoisotopic (exact) mass is 225 g/mol. The molecule has 1 aliphatic rings. The first-order valence-corrected chi connectivity index (χ1v) is 5.49. The molecular formula is C12H16FNO2. The highest BCUT2D eigenvalue weighted by Crippen LogP contribution is 2.29. The van der Waals surface area contributed by atoms with E-state index in [1.807, 2.05) is 4.90 Å². The Hall–Kier alpha value is -1.13. The first-order valence-electron chi connectivity index (χ1n) is 5.49. The third-order valence-electron chi connectivity index (χ3n) is 2.80. The van der Waals surface area contributed by atoms with E-state index >= 15 is 0 Å². The first kappa shape index (κ1) is 11.4. The van der Waals surface area contributed by atoms with Gasteiger partial charge in [-0.25, -0.2) is 4.39 Å². The first-order chi connectivity index (χ1) is 7.70. The van der Waals surface area contributed by atoms with E-state index in [0.29, 0.717) is 37.6 Å². The molecule has 1 atom stereocenters. The number of benzene rings is 1. The number of anilines is 1. The third kappa shape index (κ3) is 2.18. The van der Waals surface area contributed by atoms with Gasteiger partial charge < -0.3 is 14.7 Å². The molecular weight excluding hydrogens is 209 g/mol. The minimum absolute atomic E-state index is 0.277. The van der Waals surface area contributed by atoms with Gasteiger partial charge >= 0.3 is 0 Å². The lowest BCUT2D eigenvalue weighted by atomic mass is 10.1. The molecule has 1 fully saturated rings. The van der Waals surface area contributed by atoms with E-state index in [0.717, 1.165) is 0 Å². The third-order valence-corrected chi connectivity index (χ3v) is 2.80. The van der Waals surface area contributed by atoms with Gasteiger partial charge in [-0.05, 0) is 13.0 Å². The molecule has 1 aromatic carbocycles. The normalized spacial score (nSPS) is 18.6. The van der Waals surface area contributed by atoms with Crippen LogP contribution < -0.4 is 4.90 Å². The smallest absolute Gasteiger partial charge is 0.146 e. The Labute approximate surface area is 94.4 Å². The molecule has 2 rings (SSSR count). The van der Waals surface area contributed by atoms with Crippen LogP contribution in [0.15, 0.2) is 18.2 Å². The highest BCUT2D eigenvalue weighted by Gasteiger charge is 2.20. The Morgan fingerprint density at radius 1 is 1.38 bits per heavy atom. The number of hydrogen-bond acceptors (Lipinski definition) is 3. The Kier molecular flexibility index (Phi) is 3.41. The van der Waals surface area contributed by atoms with Gasteiger partial charge in [0.1, 0.15) is 5.82 Å². The van der Waals surface area contributed by atoms with Gasteiger partial charge in [-0.2, -0.15) is 0 Å². The van der Waals surface area contributed by atoms with Crippen LogP contribution >= 0.6 is 0 Å². The van der Waals surface area contributed by atoms with Gasteiger partial charge in [0.25, 0.3) is 0 Å². The van der Waals surface area contributed by atoms with Crippen molar-refractivity contribution in [1.82, 2.24) is 0 Å². The van der Waals surface area contributed by atoms with Crippen molar-refractivity contribution >= 4 is 5.69 Å². The van der Waals surface area contributed by atoms with Gasteiger partial charge in [-0.1, -0.05) is 12.1 Å². The summed E-state index contributed by atoms with van der Waals surface area (Å²) in [7, 11) is 0. The van der Waals surface area contributed by atoms with Gasteiger partial charge in [0.2, 0.25) is 0 Å². The van der Waals surface area contributed by atoms with E-state index in [9.17, 15) is 9.50 Å². The Balaban J connectivity index is 2.36. The topological polar surface area (TPSA) is 32.7 Å². The van der Waals surface area contributed by atoms with Crippen LogP contribution in [0.4, 0.5) is 10.1 Å². The van der Waals surface area contributed by atoms with Crippen LogP contribution in [0.5, 0.6) is 0 Å². The van der Waals surface area contributed by atoms with E-state index in [2.05, 4.69) is 0 Å². The van der Waals surface area contributed by atoms with Crippen molar-refractivity contribution in [2.45, 2.75) is 13.0 Å². The van der Waals surface area contributed by atoms with E-state index in [4.69, 9.17) is 4.74 Å². The molecule has 0 spiro atoms. The SMILES string of the molecule is C[C@@H](O)c1cccc(F)c1N1CCOCC1. The summed E-state index contributed by atoms with van der Waals surface area (Å²) in [4.78, 5) is 1.93. The van der Waals surface area contributed by atoms with Gasteiger partial charge in [0, 0.05) is 18.7 Å². The minimum atomic E-state index is -0.659. The van der Waals surface area contributed by atoms with Crippen molar-refractivity contribution in [3.05, 3.63) is 29.6 Å². The molecule has 0 unspecified atom stereocenters. The summed E-state index contributed by atoms with van der Waals surface area (Å²) >= 11 is 0.